The van der Waals surface area contributed by atoms with Gasteiger partial charge in [0.25, 0.3) is 0 Å². The van der Waals surface area contributed by atoms with E-state index >= 15 is 0 Å². The molecule has 1 heterocycles. The molecule has 1 saturated heterocycles. The predicted molar refractivity (Wildman–Crippen MR) is 97.1 cm³/mol. The van der Waals surface area contributed by atoms with Crippen LogP contribution in [0.4, 0.5) is 0 Å². The summed E-state index contributed by atoms with van der Waals surface area (Å²) in [4.78, 5) is 23.6. The van der Waals surface area contributed by atoms with Crippen LogP contribution in [-0.4, -0.2) is 43.7 Å². The molecule has 0 saturated carbocycles. The highest BCUT2D eigenvalue weighted by molar-refractivity contribution is 7.89. The standard InChI is InChI=1S/C18H20N2O5S/c21-17(16-7-8-26(24,25)20-16)19-11-15(18(22)23)10-12-5-6-13-3-1-2-4-14(13)9-12/h1-6,9,15-16,20H,7-8,10-11H2,(H,19,21)(H,22,23). The van der Waals surface area contributed by atoms with E-state index in [2.05, 4.69) is 10.0 Å². The van der Waals surface area contributed by atoms with Crippen molar-refractivity contribution in [2.75, 3.05) is 12.3 Å². The lowest BCUT2D eigenvalue weighted by atomic mass is 9.97. The monoisotopic (exact) mass is 376 g/mol. The second-order valence-corrected chi connectivity index (χ2v) is 8.32. The van der Waals surface area contributed by atoms with Gasteiger partial charge in [-0.2, -0.15) is 0 Å². The molecule has 2 aromatic rings. The number of carboxylic acid groups (broad SMARTS) is 1. The van der Waals surface area contributed by atoms with Crippen LogP contribution in [0.1, 0.15) is 12.0 Å². The highest BCUT2D eigenvalue weighted by Gasteiger charge is 2.32. The number of aliphatic carboxylic acids is 1. The number of carbonyl (C=O) groups is 2. The molecule has 7 nitrogen and oxygen atoms in total. The first-order chi connectivity index (χ1) is 12.3. The molecule has 1 aliphatic heterocycles. The molecule has 1 fully saturated rings. The summed E-state index contributed by atoms with van der Waals surface area (Å²) in [5.74, 6) is -2.38. The molecule has 2 unspecified atom stereocenters. The minimum Gasteiger partial charge on any atom is -0.481 e. The third-order valence-corrected chi connectivity index (χ3v) is 5.90. The zero-order chi connectivity index (χ0) is 18.7. The second kappa shape index (κ2) is 7.43. The summed E-state index contributed by atoms with van der Waals surface area (Å²) in [7, 11) is -3.39. The van der Waals surface area contributed by atoms with Crippen molar-refractivity contribution in [3.8, 4) is 0 Å². The molecule has 2 aromatic carbocycles. The smallest absolute Gasteiger partial charge is 0.308 e. The third-order valence-electron chi connectivity index (χ3n) is 4.48. The summed E-state index contributed by atoms with van der Waals surface area (Å²) in [5.41, 5.74) is 0.868. The van der Waals surface area contributed by atoms with E-state index in [0.717, 1.165) is 16.3 Å². The number of amides is 1. The van der Waals surface area contributed by atoms with Gasteiger partial charge in [0.05, 0.1) is 11.7 Å². The number of carbonyl (C=O) groups excluding carboxylic acids is 1. The van der Waals surface area contributed by atoms with Gasteiger partial charge in [0.2, 0.25) is 15.9 Å². The van der Waals surface area contributed by atoms with E-state index in [4.69, 9.17) is 0 Å². The van der Waals surface area contributed by atoms with E-state index in [1.807, 2.05) is 42.5 Å². The summed E-state index contributed by atoms with van der Waals surface area (Å²) < 4.78 is 25.0. The van der Waals surface area contributed by atoms with Gasteiger partial charge in [-0.05, 0) is 29.2 Å². The maximum atomic E-state index is 12.1. The minimum absolute atomic E-state index is 0.0563. The Kier molecular flexibility index (Phi) is 5.24. The van der Waals surface area contributed by atoms with Crippen LogP contribution >= 0.6 is 0 Å². The predicted octanol–water partition coefficient (Wildman–Crippen LogP) is 0.891. The Morgan fingerprint density at radius 2 is 1.92 bits per heavy atom. The number of hydrogen-bond donors (Lipinski definition) is 3. The Morgan fingerprint density at radius 1 is 1.19 bits per heavy atom. The Hall–Kier alpha value is -2.45. The fraction of sp³-hybridized carbons (Fsp3) is 0.333. The molecule has 0 spiro atoms. The van der Waals surface area contributed by atoms with E-state index in [9.17, 15) is 23.1 Å². The quantitative estimate of drug-likeness (QED) is 0.693. The van der Waals surface area contributed by atoms with Crippen molar-refractivity contribution >= 4 is 32.7 Å². The average Bonchev–Trinajstić information content (AvgIpc) is 2.98. The van der Waals surface area contributed by atoms with Crippen molar-refractivity contribution < 1.29 is 23.1 Å². The van der Waals surface area contributed by atoms with Gasteiger partial charge < -0.3 is 10.4 Å². The summed E-state index contributed by atoms with van der Waals surface area (Å²) in [6.07, 6.45) is 0.466. The van der Waals surface area contributed by atoms with E-state index in [-0.39, 0.29) is 25.1 Å². The topological polar surface area (TPSA) is 113 Å². The van der Waals surface area contributed by atoms with E-state index in [0.29, 0.717) is 0 Å². The summed E-state index contributed by atoms with van der Waals surface area (Å²) in [6, 6.07) is 12.7. The summed E-state index contributed by atoms with van der Waals surface area (Å²) >= 11 is 0. The SMILES string of the molecule is O=C(O)C(CNC(=O)C1CCS(=O)(=O)N1)Cc1ccc2ccccc2c1. The molecular weight excluding hydrogens is 356 g/mol. The number of nitrogens with one attached hydrogen (secondary N) is 2. The van der Waals surface area contributed by atoms with Crippen LogP contribution in [0.5, 0.6) is 0 Å². The fourth-order valence-corrected chi connectivity index (χ4v) is 4.36. The third kappa shape index (κ3) is 4.39. The first-order valence-electron chi connectivity index (χ1n) is 8.32. The first kappa shape index (κ1) is 18.3. The van der Waals surface area contributed by atoms with E-state index < -0.39 is 33.9 Å². The van der Waals surface area contributed by atoms with Gasteiger partial charge in [-0.1, -0.05) is 42.5 Å². The second-order valence-electron chi connectivity index (χ2n) is 6.44. The molecule has 3 N–H and O–H groups in total. The van der Waals surface area contributed by atoms with Gasteiger partial charge in [0.1, 0.15) is 6.04 Å². The molecule has 26 heavy (non-hydrogen) atoms. The summed E-state index contributed by atoms with van der Waals surface area (Å²) in [5, 5.41) is 14.1. The number of hydrogen-bond acceptors (Lipinski definition) is 4. The molecular formula is C18H20N2O5S. The van der Waals surface area contributed by atoms with E-state index in [1.165, 1.54) is 0 Å². The maximum Gasteiger partial charge on any atom is 0.308 e. The number of fused-ring (bicyclic) bond motifs is 1. The lowest BCUT2D eigenvalue weighted by Crippen LogP contribution is -2.44. The molecule has 0 radical (unpaired) electrons. The van der Waals surface area contributed by atoms with Gasteiger partial charge in [-0.25, -0.2) is 13.1 Å². The van der Waals surface area contributed by atoms with Crippen LogP contribution in [0, 0.1) is 5.92 Å². The molecule has 0 aromatic heterocycles. The molecule has 1 amide bonds. The van der Waals surface area contributed by atoms with Crippen LogP contribution < -0.4 is 10.0 Å². The Labute approximate surface area is 151 Å². The number of benzene rings is 2. The van der Waals surface area contributed by atoms with Crippen molar-refractivity contribution in [3.63, 3.8) is 0 Å². The molecule has 138 valence electrons. The fourth-order valence-electron chi connectivity index (χ4n) is 3.04. The molecule has 0 aliphatic carbocycles. The van der Waals surface area contributed by atoms with Gasteiger partial charge in [-0.3, -0.25) is 9.59 Å². The number of rotatable bonds is 6. The van der Waals surface area contributed by atoms with Crippen LogP contribution in [0.15, 0.2) is 42.5 Å². The number of carboxylic acids is 1. The zero-order valence-corrected chi connectivity index (χ0v) is 14.8. The van der Waals surface area contributed by atoms with Gasteiger partial charge in [-0.15, -0.1) is 0 Å². The van der Waals surface area contributed by atoms with Crippen molar-refractivity contribution in [1.82, 2.24) is 10.0 Å². The normalized spacial score (nSPS) is 19.9. The van der Waals surface area contributed by atoms with Crippen LogP contribution in [0.2, 0.25) is 0 Å². The highest BCUT2D eigenvalue weighted by atomic mass is 32.2. The molecule has 8 heteroatoms. The van der Waals surface area contributed by atoms with Crippen LogP contribution in [0.3, 0.4) is 0 Å². The maximum absolute atomic E-state index is 12.1. The number of sulfonamides is 1. The van der Waals surface area contributed by atoms with Gasteiger partial charge in [0.15, 0.2) is 0 Å². The van der Waals surface area contributed by atoms with Crippen molar-refractivity contribution in [3.05, 3.63) is 48.0 Å². The Bertz CT molecular complexity index is 942. The van der Waals surface area contributed by atoms with E-state index in [1.54, 1.807) is 0 Å². The zero-order valence-electron chi connectivity index (χ0n) is 14.0. The Balaban J connectivity index is 1.63. The molecule has 0 bridgehead atoms. The lowest BCUT2D eigenvalue weighted by molar-refractivity contribution is -0.141. The summed E-state index contributed by atoms with van der Waals surface area (Å²) in [6.45, 7) is -0.0563. The minimum atomic E-state index is -3.39. The van der Waals surface area contributed by atoms with Crippen LogP contribution in [0.25, 0.3) is 10.8 Å². The largest absolute Gasteiger partial charge is 0.481 e. The lowest BCUT2D eigenvalue weighted by Gasteiger charge is -2.16. The molecule has 2 atom stereocenters. The average molecular weight is 376 g/mol. The highest BCUT2D eigenvalue weighted by Crippen LogP contribution is 2.18. The van der Waals surface area contributed by atoms with Gasteiger partial charge >= 0.3 is 5.97 Å². The first-order valence-corrected chi connectivity index (χ1v) is 9.97. The van der Waals surface area contributed by atoms with Crippen molar-refractivity contribution in [2.24, 2.45) is 5.92 Å². The van der Waals surface area contributed by atoms with Gasteiger partial charge in [0, 0.05) is 6.54 Å². The van der Waals surface area contributed by atoms with Crippen molar-refractivity contribution in [2.45, 2.75) is 18.9 Å². The van der Waals surface area contributed by atoms with Crippen LogP contribution in [-0.2, 0) is 26.0 Å². The molecule has 3 rings (SSSR count). The Morgan fingerprint density at radius 3 is 2.58 bits per heavy atom. The van der Waals surface area contributed by atoms with Crippen molar-refractivity contribution in [1.29, 1.82) is 0 Å². The molecule has 1 aliphatic rings.